The molecular formula is C13H12Cl3NOS. The van der Waals surface area contributed by atoms with Crippen molar-refractivity contribution in [3.63, 3.8) is 0 Å². The maximum Gasteiger partial charge on any atom is 0.137 e. The summed E-state index contributed by atoms with van der Waals surface area (Å²) in [6.07, 6.45) is 0. The summed E-state index contributed by atoms with van der Waals surface area (Å²) in [4.78, 5) is 0. The molecule has 1 aromatic carbocycles. The van der Waals surface area contributed by atoms with Crippen LogP contribution in [0.1, 0.15) is 17.2 Å². The fourth-order valence-electron chi connectivity index (χ4n) is 1.91. The van der Waals surface area contributed by atoms with E-state index in [1.807, 2.05) is 31.3 Å². The Balaban J connectivity index is 2.42. The van der Waals surface area contributed by atoms with Gasteiger partial charge in [0.25, 0.3) is 0 Å². The molecule has 0 fully saturated rings. The number of nitrogens with one attached hydrogen (secondary N) is 1. The van der Waals surface area contributed by atoms with Crippen LogP contribution in [0.2, 0.25) is 13.7 Å². The Kier molecular flexibility index (Phi) is 4.98. The Bertz CT molecular complexity index is 585. The molecule has 2 rings (SSSR count). The zero-order valence-corrected chi connectivity index (χ0v) is 13.4. The number of hydrogen-bond acceptors (Lipinski definition) is 3. The summed E-state index contributed by atoms with van der Waals surface area (Å²) in [6.45, 7) is 0. The van der Waals surface area contributed by atoms with Crippen LogP contribution in [-0.4, -0.2) is 14.2 Å². The van der Waals surface area contributed by atoms with Gasteiger partial charge in [0.1, 0.15) is 5.75 Å². The smallest absolute Gasteiger partial charge is 0.137 e. The Labute approximate surface area is 131 Å². The lowest BCUT2D eigenvalue weighted by Crippen LogP contribution is -2.17. The highest BCUT2D eigenvalue weighted by Crippen LogP contribution is 2.38. The number of hydrogen-bond donors (Lipinski definition) is 1. The van der Waals surface area contributed by atoms with Crippen molar-refractivity contribution >= 4 is 46.1 Å². The summed E-state index contributed by atoms with van der Waals surface area (Å²) < 4.78 is 6.49. The molecule has 0 radical (unpaired) electrons. The zero-order valence-electron chi connectivity index (χ0n) is 10.3. The van der Waals surface area contributed by atoms with E-state index in [0.29, 0.717) is 19.4 Å². The molecule has 2 aromatic rings. The van der Waals surface area contributed by atoms with Crippen molar-refractivity contribution in [3.8, 4) is 5.75 Å². The molecule has 19 heavy (non-hydrogen) atoms. The fraction of sp³-hybridized carbons (Fsp3) is 0.231. The van der Waals surface area contributed by atoms with E-state index in [0.717, 1.165) is 11.1 Å². The van der Waals surface area contributed by atoms with E-state index in [-0.39, 0.29) is 6.04 Å². The molecule has 0 saturated carbocycles. The van der Waals surface area contributed by atoms with Gasteiger partial charge in [-0.2, -0.15) is 0 Å². The third-order valence-electron chi connectivity index (χ3n) is 2.79. The van der Waals surface area contributed by atoms with Crippen molar-refractivity contribution in [1.82, 2.24) is 5.32 Å². The molecule has 2 nitrogen and oxygen atoms in total. The number of benzene rings is 1. The van der Waals surface area contributed by atoms with Crippen molar-refractivity contribution in [3.05, 3.63) is 49.1 Å². The van der Waals surface area contributed by atoms with Gasteiger partial charge in [-0.25, -0.2) is 0 Å². The Hall–Kier alpha value is -0.450. The fourth-order valence-corrected chi connectivity index (χ4v) is 3.71. The van der Waals surface area contributed by atoms with Gasteiger partial charge in [0.2, 0.25) is 0 Å². The van der Waals surface area contributed by atoms with Gasteiger partial charge >= 0.3 is 0 Å². The van der Waals surface area contributed by atoms with E-state index in [9.17, 15) is 0 Å². The van der Waals surface area contributed by atoms with E-state index in [4.69, 9.17) is 39.5 Å². The van der Waals surface area contributed by atoms with Gasteiger partial charge in [0.15, 0.2) is 0 Å². The van der Waals surface area contributed by atoms with Gasteiger partial charge in [-0.3, -0.25) is 0 Å². The summed E-state index contributed by atoms with van der Waals surface area (Å²) in [6, 6.07) is 7.47. The molecule has 1 aromatic heterocycles. The monoisotopic (exact) mass is 335 g/mol. The van der Waals surface area contributed by atoms with Gasteiger partial charge in [0, 0.05) is 5.56 Å². The first-order chi connectivity index (χ1) is 9.06. The van der Waals surface area contributed by atoms with E-state index in [2.05, 4.69) is 5.32 Å². The maximum atomic E-state index is 6.20. The second-order valence-electron chi connectivity index (χ2n) is 3.90. The van der Waals surface area contributed by atoms with E-state index in [1.165, 1.54) is 11.3 Å². The Morgan fingerprint density at radius 3 is 2.42 bits per heavy atom. The van der Waals surface area contributed by atoms with Crippen LogP contribution >= 0.6 is 46.1 Å². The first kappa shape index (κ1) is 14.9. The highest BCUT2D eigenvalue weighted by Gasteiger charge is 2.19. The van der Waals surface area contributed by atoms with Gasteiger partial charge in [0.05, 0.1) is 26.8 Å². The number of rotatable bonds is 4. The Morgan fingerprint density at radius 1 is 1.21 bits per heavy atom. The predicted octanol–water partition coefficient (Wildman–Crippen LogP) is 5.03. The molecule has 0 spiro atoms. The SMILES string of the molecule is CNC(c1ccc(OC)c(Cl)c1)c1cc(Cl)sc1Cl. The van der Waals surface area contributed by atoms with Crippen LogP contribution in [0.4, 0.5) is 0 Å². The third kappa shape index (κ3) is 3.18. The van der Waals surface area contributed by atoms with Crippen molar-refractivity contribution < 1.29 is 4.74 Å². The molecule has 1 N–H and O–H groups in total. The van der Waals surface area contributed by atoms with Crippen LogP contribution in [0.5, 0.6) is 5.75 Å². The number of ether oxygens (including phenoxy) is 1. The average Bonchev–Trinajstić information content (AvgIpc) is 2.70. The minimum atomic E-state index is -0.0559. The van der Waals surface area contributed by atoms with Crippen LogP contribution in [0.15, 0.2) is 24.3 Å². The van der Waals surface area contributed by atoms with Gasteiger partial charge in [-0.15, -0.1) is 11.3 Å². The Morgan fingerprint density at radius 2 is 1.95 bits per heavy atom. The number of methoxy groups -OCH3 is 1. The van der Waals surface area contributed by atoms with Crippen molar-refractivity contribution in [2.75, 3.05) is 14.2 Å². The number of thiophene rings is 1. The van der Waals surface area contributed by atoms with Gasteiger partial charge in [-0.05, 0) is 30.8 Å². The molecule has 0 amide bonds. The molecule has 1 unspecified atom stereocenters. The summed E-state index contributed by atoms with van der Waals surface area (Å²) in [5.41, 5.74) is 1.95. The largest absolute Gasteiger partial charge is 0.495 e. The second-order valence-corrected chi connectivity index (χ2v) is 6.59. The molecule has 102 valence electrons. The summed E-state index contributed by atoms with van der Waals surface area (Å²) in [7, 11) is 3.46. The summed E-state index contributed by atoms with van der Waals surface area (Å²) in [5.74, 6) is 0.648. The summed E-state index contributed by atoms with van der Waals surface area (Å²) in [5, 5.41) is 3.78. The van der Waals surface area contributed by atoms with Gasteiger partial charge in [-0.1, -0.05) is 40.9 Å². The van der Waals surface area contributed by atoms with Crippen molar-refractivity contribution in [2.45, 2.75) is 6.04 Å². The molecule has 0 aliphatic heterocycles. The topological polar surface area (TPSA) is 21.3 Å². The highest BCUT2D eigenvalue weighted by molar-refractivity contribution is 7.20. The molecular weight excluding hydrogens is 325 g/mol. The van der Waals surface area contributed by atoms with Crippen molar-refractivity contribution in [2.24, 2.45) is 0 Å². The van der Waals surface area contributed by atoms with Crippen LogP contribution in [0.25, 0.3) is 0 Å². The molecule has 0 bridgehead atoms. The normalized spacial score (nSPS) is 12.5. The summed E-state index contributed by atoms with van der Waals surface area (Å²) >= 11 is 19.7. The van der Waals surface area contributed by atoms with E-state index < -0.39 is 0 Å². The quantitative estimate of drug-likeness (QED) is 0.846. The average molecular weight is 337 g/mol. The first-order valence-electron chi connectivity index (χ1n) is 5.52. The lowest BCUT2D eigenvalue weighted by atomic mass is 10.0. The molecule has 0 aliphatic carbocycles. The first-order valence-corrected chi connectivity index (χ1v) is 7.47. The molecule has 1 atom stereocenters. The second kappa shape index (κ2) is 6.33. The lowest BCUT2D eigenvalue weighted by molar-refractivity contribution is 0.414. The van der Waals surface area contributed by atoms with Crippen LogP contribution in [0, 0.1) is 0 Å². The number of halogens is 3. The standard InChI is InChI=1S/C13H12Cl3NOS/c1-17-12(8-6-11(15)19-13(8)16)7-3-4-10(18-2)9(14)5-7/h3-6,12,17H,1-2H3. The van der Waals surface area contributed by atoms with Crippen LogP contribution < -0.4 is 10.1 Å². The molecule has 0 saturated heterocycles. The van der Waals surface area contributed by atoms with Crippen LogP contribution in [-0.2, 0) is 0 Å². The maximum absolute atomic E-state index is 6.20. The zero-order chi connectivity index (χ0) is 14.0. The molecule has 1 heterocycles. The van der Waals surface area contributed by atoms with Crippen LogP contribution in [0.3, 0.4) is 0 Å². The van der Waals surface area contributed by atoms with E-state index >= 15 is 0 Å². The minimum Gasteiger partial charge on any atom is -0.495 e. The van der Waals surface area contributed by atoms with Gasteiger partial charge < -0.3 is 10.1 Å². The predicted molar refractivity (Wildman–Crippen MR) is 83.2 cm³/mol. The minimum absolute atomic E-state index is 0.0559. The van der Waals surface area contributed by atoms with E-state index in [1.54, 1.807) is 7.11 Å². The molecule has 0 aliphatic rings. The highest BCUT2D eigenvalue weighted by atomic mass is 35.5. The lowest BCUT2D eigenvalue weighted by Gasteiger charge is -2.17. The third-order valence-corrected chi connectivity index (χ3v) is 4.61. The molecule has 6 heteroatoms. The van der Waals surface area contributed by atoms with Crippen molar-refractivity contribution in [1.29, 1.82) is 0 Å².